The number of ketones is 1. The summed E-state index contributed by atoms with van der Waals surface area (Å²) >= 11 is 0. The molecule has 1 aliphatic rings. The lowest BCUT2D eigenvalue weighted by atomic mass is 10.0. The molecule has 0 aromatic heterocycles. The van der Waals surface area contributed by atoms with Crippen LogP contribution in [0.15, 0.2) is 48.5 Å². The molecule has 1 saturated carbocycles. The number of benzene rings is 2. The predicted molar refractivity (Wildman–Crippen MR) is 106 cm³/mol. The third kappa shape index (κ3) is 4.25. The summed E-state index contributed by atoms with van der Waals surface area (Å²) in [6.45, 7) is 2.87. The highest BCUT2D eigenvalue weighted by Gasteiger charge is 2.56. The van der Waals surface area contributed by atoms with E-state index >= 15 is 0 Å². The number of carbonyl (C=O) groups excluding carboxylic acids is 4. The van der Waals surface area contributed by atoms with Crippen LogP contribution in [0.2, 0.25) is 0 Å². The van der Waals surface area contributed by atoms with Crippen molar-refractivity contribution in [1.29, 1.82) is 0 Å². The number of hydrogen-bond donors (Lipinski definition) is 3. The van der Waals surface area contributed by atoms with Gasteiger partial charge in [0.1, 0.15) is 5.41 Å². The molecule has 0 atom stereocenters. The first-order chi connectivity index (χ1) is 13.3. The fraction of sp³-hybridized carbons (Fsp3) is 0.238. The fourth-order valence-electron chi connectivity index (χ4n) is 2.85. The van der Waals surface area contributed by atoms with Crippen LogP contribution < -0.4 is 16.0 Å². The average molecular weight is 379 g/mol. The molecule has 3 N–H and O–H groups in total. The van der Waals surface area contributed by atoms with E-state index < -0.39 is 5.41 Å². The van der Waals surface area contributed by atoms with Crippen molar-refractivity contribution in [1.82, 2.24) is 0 Å². The normalized spacial score (nSPS) is 13.9. The summed E-state index contributed by atoms with van der Waals surface area (Å²) in [5.41, 5.74) is 1.03. The number of carbonyl (C=O) groups is 4. The van der Waals surface area contributed by atoms with Crippen LogP contribution in [0.25, 0.3) is 0 Å². The summed E-state index contributed by atoms with van der Waals surface area (Å²) in [7, 11) is 0. The summed E-state index contributed by atoms with van der Waals surface area (Å²) in [5.74, 6) is -1.03. The molecule has 0 unspecified atom stereocenters. The van der Waals surface area contributed by atoms with Gasteiger partial charge in [0.15, 0.2) is 5.78 Å². The Kier molecular flexibility index (Phi) is 5.26. The van der Waals surface area contributed by atoms with Crippen molar-refractivity contribution in [3.63, 3.8) is 0 Å². The second kappa shape index (κ2) is 7.64. The van der Waals surface area contributed by atoms with Crippen molar-refractivity contribution in [3.8, 4) is 0 Å². The lowest BCUT2D eigenvalue weighted by Crippen LogP contribution is -2.35. The van der Waals surface area contributed by atoms with E-state index in [9.17, 15) is 19.2 Å². The van der Waals surface area contributed by atoms with Crippen LogP contribution in [0.4, 0.5) is 17.1 Å². The van der Waals surface area contributed by atoms with E-state index in [1.54, 1.807) is 48.5 Å². The third-order valence-corrected chi connectivity index (χ3v) is 4.61. The molecule has 0 radical (unpaired) electrons. The van der Waals surface area contributed by atoms with Gasteiger partial charge in [0.2, 0.25) is 17.7 Å². The fourth-order valence-corrected chi connectivity index (χ4v) is 2.85. The molecule has 0 bridgehead atoms. The molecule has 0 spiro atoms. The van der Waals surface area contributed by atoms with Crippen molar-refractivity contribution < 1.29 is 19.2 Å². The maximum atomic E-state index is 12.7. The van der Waals surface area contributed by atoms with Crippen molar-refractivity contribution in [2.45, 2.75) is 26.7 Å². The topological polar surface area (TPSA) is 104 Å². The van der Waals surface area contributed by atoms with Gasteiger partial charge in [-0.05, 0) is 62.2 Å². The van der Waals surface area contributed by atoms with E-state index in [1.165, 1.54) is 13.8 Å². The second-order valence-corrected chi connectivity index (χ2v) is 6.89. The number of hydrogen-bond acceptors (Lipinski definition) is 4. The second-order valence-electron chi connectivity index (χ2n) is 6.89. The summed E-state index contributed by atoms with van der Waals surface area (Å²) in [5, 5.41) is 8.15. The molecule has 0 heterocycles. The first-order valence-electron chi connectivity index (χ1n) is 8.92. The van der Waals surface area contributed by atoms with Gasteiger partial charge in [0, 0.05) is 29.5 Å². The Morgan fingerprint density at radius 2 is 1.29 bits per heavy atom. The van der Waals surface area contributed by atoms with Crippen LogP contribution >= 0.6 is 0 Å². The molecule has 1 fully saturated rings. The number of rotatable bonds is 6. The van der Waals surface area contributed by atoms with E-state index in [-0.39, 0.29) is 23.5 Å². The van der Waals surface area contributed by atoms with Crippen molar-refractivity contribution in [2.24, 2.45) is 5.41 Å². The lowest BCUT2D eigenvalue weighted by Gasteiger charge is -2.16. The van der Waals surface area contributed by atoms with Gasteiger partial charge in [0.05, 0.1) is 0 Å². The molecule has 28 heavy (non-hydrogen) atoms. The Balaban J connectivity index is 1.67. The zero-order chi connectivity index (χ0) is 20.3. The van der Waals surface area contributed by atoms with Crippen LogP contribution in [0, 0.1) is 5.41 Å². The summed E-state index contributed by atoms with van der Waals surface area (Å²) in [4.78, 5) is 47.9. The van der Waals surface area contributed by atoms with E-state index in [1.807, 2.05) is 0 Å². The van der Waals surface area contributed by atoms with Gasteiger partial charge in [-0.3, -0.25) is 19.2 Å². The van der Waals surface area contributed by atoms with E-state index in [0.717, 1.165) is 0 Å². The van der Waals surface area contributed by atoms with Crippen molar-refractivity contribution in [3.05, 3.63) is 54.1 Å². The van der Waals surface area contributed by atoms with Gasteiger partial charge >= 0.3 is 0 Å². The smallest absolute Gasteiger partial charge is 0.240 e. The minimum Gasteiger partial charge on any atom is -0.326 e. The molecule has 3 amide bonds. The van der Waals surface area contributed by atoms with Gasteiger partial charge in [-0.1, -0.05) is 6.07 Å². The first-order valence-corrected chi connectivity index (χ1v) is 8.92. The molecule has 0 saturated heterocycles. The maximum absolute atomic E-state index is 12.7. The van der Waals surface area contributed by atoms with E-state index in [4.69, 9.17) is 0 Å². The Hall–Kier alpha value is -3.48. The Morgan fingerprint density at radius 1 is 0.750 bits per heavy atom. The zero-order valence-corrected chi connectivity index (χ0v) is 15.7. The number of amides is 3. The molecule has 3 rings (SSSR count). The quantitative estimate of drug-likeness (QED) is 0.529. The van der Waals surface area contributed by atoms with Crippen LogP contribution in [0.5, 0.6) is 0 Å². The van der Waals surface area contributed by atoms with Gasteiger partial charge in [-0.2, -0.15) is 0 Å². The van der Waals surface area contributed by atoms with Crippen LogP contribution in [0.1, 0.15) is 37.0 Å². The van der Waals surface area contributed by atoms with Crippen molar-refractivity contribution in [2.75, 3.05) is 16.0 Å². The van der Waals surface area contributed by atoms with E-state index in [0.29, 0.717) is 35.5 Å². The average Bonchev–Trinajstić information content (AvgIpc) is 3.44. The molecule has 7 nitrogen and oxygen atoms in total. The molecular formula is C21H21N3O4. The number of anilines is 3. The van der Waals surface area contributed by atoms with Gasteiger partial charge in [-0.25, -0.2) is 0 Å². The SMILES string of the molecule is CC(=O)Nc1cccc(NC(=O)C2(C(=O)Nc3ccc(C(C)=O)cc3)CC2)c1. The predicted octanol–water partition coefficient (Wildman–Crippen LogP) is 3.21. The largest absolute Gasteiger partial charge is 0.326 e. The van der Waals surface area contributed by atoms with Gasteiger partial charge in [0.25, 0.3) is 0 Å². The van der Waals surface area contributed by atoms with Crippen molar-refractivity contribution >= 4 is 40.6 Å². The Morgan fingerprint density at radius 3 is 1.79 bits per heavy atom. The summed E-state index contributed by atoms with van der Waals surface area (Å²) in [6, 6.07) is 13.3. The minimum atomic E-state index is -1.11. The monoisotopic (exact) mass is 379 g/mol. The molecule has 2 aromatic rings. The standard InChI is InChI=1S/C21H21N3O4/c1-13(25)15-6-8-16(9-7-15)23-19(27)21(10-11-21)20(28)24-18-5-3-4-17(12-18)22-14(2)26/h3-9,12H,10-11H2,1-2H3,(H,22,26)(H,23,27)(H,24,28). The van der Waals surface area contributed by atoms with Gasteiger partial charge < -0.3 is 16.0 Å². The molecule has 0 aliphatic heterocycles. The highest BCUT2D eigenvalue weighted by molar-refractivity contribution is 6.17. The van der Waals surface area contributed by atoms with Crippen LogP contribution in [-0.2, 0) is 14.4 Å². The van der Waals surface area contributed by atoms with Gasteiger partial charge in [-0.15, -0.1) is 0 Å². The van der Waals surface area contributed by atoms with Crippen LogP contribution in [-0.4, -0.2) is 23.5 Å². The summed E-state index contributed by atoms with van der Waals surface area (Å²) < 4.78 is 0. The molecule has 144 valence electrons. The third-order valence-electron chi connectivity index (χ3n) is 4.61. The lowest BCUT2D eigenvalue weighted by molar-refractivity contribution is -0.131. The molecular weight excluding hydrogens is 358 g/mol. The minimum absolute atomic E-state index is 0.0580. The highest BCUT2D eigenvalue weighted by atomic mass is 16.2. The molecule has 1 aliphatic carbocycles. The highest BCUT2D eigenvalue weighted by Crippen LogP contribution is 2.47. The maximum Gasteiger partial charge on any atom is 0.240 e. The number of nitrogens with one attached hydrogen (secondary N) is 3. The Bertz CT molecular complexity index is 946. The first kappa shape index (κ1) is 19.3. The Labute approximate surface area is 162 Å². The summed E-state index contributed by atoms with van der Waals surface area (Å²) in [6.07, 6.45) is 0.920. The van der Waals surface area contributed by atoms with E-state index in [2.05, 4.69) is 16.0 Å². The number of Topliss-reactive ketones (excluding diaryl/α,β-unsaturated/α-hetero) is 1. The molecule has 7 heteroatoms. The molecule has 2 aromatic carbocycles. The zero-order valence-electron chi connectivity index (χ0n) is 15.7. The van der Waals surface area contributed by atoms with Crippen LogP contribution in [0.3, 0.4) is 0 Å².